The zero-order chi connectivity index (χ0) is 17.4. The summed E-state index contributed by atoms with van der Waals surface area (Å²) in [5.74, 6) is 0. The predicted octanol–water partition coefficient (Wildman–Crippen LogP) is 7.37. The quantitative estimate of drug-likeness (QED) is 0.545. The summed E-state index contributed by atoms with van der Waals surface area (Å²) in [5, 5.41) is 0. The van der Waals surface area contributed by atoms with Crippen molar-refractivity contribution in [2.24, 2.45) is 0 Å². The van der Waals surface area contributed by atoms with Crippen molar-refractivity contribution in [1.82, 2.24) is 4.57 Å². The molecule has 0 N–H and O–H groups in total. The van der Waals surface area contributed by atoms with E-state index in [0.29, 0.717) is 0 Å². The maximum atomic E-state index is 2.16. The van der Waals surface area contributed by atoms with Crippen LogP contribution in [0.5, 0.6) is 0 Å². The van der Waals surface area contributed by atoms with E-state index in [0.717, 1.165) is 0 Å². The number of benzene rings is 1. The van der Waals surface area contributed by atoms with Gasteiger partial charge in [-0.1, -0.05) is 66.2 Å². The molecule has 1 nitrogen and oxygen atoms in total. The van der Waals surface area contributed by atoms with Gasteiger partial charge in [-0.25, -0.2) is 0 Å². The lowest BCUT2D eigenvalue weighted by Crippen LogP contribution is -1.89. The lowest BCUT2D eigenvalue weighted by atomic mass is 10.1. The Hall–Kier alpha value is -1.76. The Morgan fingerprint density at radius 2 is 1.32 bits per heavy atom. The van der Waals surface area contributed by atoms with E-state index in [2.05, 4.69) is 75.0 Å². The van der Waals surface area contributed by atoms with Gasteiger partial charge in [-0.3, -0.25) is 0 Å². The SMILES string of the molecule is C/C=C(\C)c1ccc(-n2cccc2)cc1.CC.CC.CCC. The first-order chi connectivity index (χ1) is 10.7. The average molecular weight is 302 g/mol. The van der Waals surface area contributed by atoms with Crippen LogP contribution in [-0.2, 0) is 0 Å². The Bertz CT molecular complexity index is 461. The van der Waals surface area contributed by atoms with Crippen LogP contribution in [0.15, 0.2) is 54.9 Å². The Labute approximate surface area is 138 Å². The van der Waals surface area contributed by atoms with Crippen LogP contribution in [0.4, 0.5) is 0 Å². The summed E-state index contributed by atoms with van der Waals surface area (Å²) in [6, 6.07) is 12.7. The standard InChI is InChI=1S/C14H15N.C3H8.2C2H6/c1-3-12(2)13-6-8-14(9-7-13)15-10-4-5-11-15;1-3-2;2*1-2/h3-11H,1-2H3;3H2,1-2H3;2*1-2H3/b12-3+;;;. The highest BCUT2D eigenvalue weighted by Gasteiger charge is 1.96. The van der Waals surface area contributed by atoms with Gasteiger partial charge in [0.25, 0.3) is 0 Å². The normalized spacial score (nSPS) is 9.36. The maximum Gasteiger partial charge on any atom is 0.0449 e. The second-order valence-electron chi connectivity index (χ2n) is 4.32. The van der Waals surface area contributed by atoms with Crippen LogP contribution >= 0.6 is 0 Å². The number of hydrogen-bond acceptors (Lipinski definition) is 0. The number of nitrogens with zero attached hydrogens (tertiary/aromatic N) is 1. The molecule has 0 fully saturated rings. The zero-order valence-electron chi connectivity index (χ0n) is 15.9. The first-order valence-corrected chi connectivity index (χ1v) is 8.59. The Kier molecular flexibility index (Phi) is 16.0. The Morgan fingerprint density at radius 1 is 0.909 bits per heavy atom. The minimum absolute atomic E-state index is 1.20. The minimum atomic E-state index is 1.20. The van der Waals surface area contributed by atoms with Gasteiger partial charge >= 0.3 is 0 Å². The summed E-state index contributed by atoms with van der Waals surface area (Å²) < 4.78 is 2.11. The zero-order valence-corrected chi connectivity index (χ0v) is 15.9. The fourth-order valence-corrected chi connectivity index (χ4v) is 1.57. The summed E-state index contributed by atoms with van der Waals surface area (Å²) in [4.78, 5) is 0. The van der Waals surface area contributed by atoms with Crippen LogP contribution in [0.25, 0.3) is 11.3 Å². The molecule has 0 saturated heterocycles. The highest BCUT2D eigenvalue weighted by Crippen LogP contribution is 2.16. The molecule has 0 aliphatic rings. The van der Waals surface area contributed by atoms with E-state index in [-0.39, 0.29) is 0 Å². The van der Waals surface area contributed by atoms with Crippen LogP contribution in [0.3, 0.4) is 0 Å². The van der Waals surface area contributed by atoms with Gasteiger partial charge < -0.3 is 4.57 Å². The highest BCUT2D eigenvalue weighted by molar-refractivity contribution is 5.64. The summed E-state index contributed by atoms with van der Waals surface area (Å²) in [5.41, 5.74) is 3.80. The molecule has 0 aliphatic carbocycles. The van der Waals surface area contributed by atoms with Crippen molar-refractivity contribution in [2.75, 3.05) is 0 Å². The third kappa shape index (κ3) is 8.51. The second-order valence-corrected chi connectivity index (χ2v) is 4.32. The summed E-state index contributed by atoms with van der Waals surface area (Å²) in [6.45, 7) is 16.4. The average Bonchev–Trinajstić information content (AvgIpc) is 3.13. The van der Waals surface area contributed by atoms with Crippen molar-refractivity contribution in [3.8, 4) is 5.69 Å². The van der Waals surface area contributed by atoms with E-state index in [4.69, 9.17) is 0 Å². The van der Waals surface area contributed by atoms with Crippen molar-refractivity contribution in [2.45, 2.75) is 61.8 Å². The van der Waals surface area contributed by atoms with E-state index in [1.165, 1.54) is 23.2 Å². The van der Waals surface area contributed by atoms with E-state index >= 15 is 0 Å². The molecule has 0 spiro atoms. The second kappa shape index (κ2) is 15.6. The molecule has 1 aromatic heterocycles. The van der Waals surface area contributed by atoms with Crippen LogP contribution in [0.2, 0.25) is 0 Å². The third-order valence-corrected chi connectivity index (χ3v) is 2.66. The van der Waals surface area contributed by atoms with Crippen molar-refractivity contribution < 1.29 is 0 Å². The molecule has 1 aromatic carbocycles. The lowest BCUT2D eigenvalue weighted by Gasteiger charge is -2.05. The number of hydrogen-bond donors (Lipinski definition) is 0. The molecule has 0 bridgehead atoms. The summed E-state index contributed by atoms with van der Waals surface area (Å²) >= 11 is 0. The number of allylic oxidation sites excluding steroid dienone is 2. The molecule has 0 unspecified atom stereocenters. The monoisotopic (exact) mass is 301 g/mol. The van der Waals surface area contributed by atoms with Crippen LogP contribution in [-0.4, -0.2) is 4.57 Å². The first-order valence-electron chi connectivity index (χ1n) is 8.59. The molecular formula is C21H35N. The third-order valence-electron chi connectivity index (χ3n) is 2.66. The van der Waals surface area contributed by atoms with E-state index < -0.39 is 0 Å². The Balaban J connectivity index is 0. The molecule has 124 valence electrons. The van der Waals surface area contributed by atoms with Gasteiger partial charge in [0, 0.05) is 18.1 Å². The molecule has 1 heterocycles. The molecule has 0 amide bonds. The molecule has 2 aromatic rings. The molecule has 0 radical (unpaired) electrons. The lowest BCUT2D eigenvalue weighted by molar-refractivity contribution is 1.08. The number of aromatic nitrogens is 1. The summed E-state index contributed by atoms with van der Waals surface area (Å²) in [6.07, 6.45) is 7.49. The minimum Gasteiger partial charge on any atom is -0.324 e. The topological polar surface area (TPSA) is 4.93 Å². The van der Waals surface area contributed by atoms with Gasteiger partial charge in [0.05, 0.1) is 0 Å². The fourth-order valence-electron chi connectivity index (χ4n) is 1.57. The molecule has 0 aliphatic heterocycles. The molecule has 22 heavy (non-hydrogen) atoms. The maximum absolute atomic E-state index is 2.16. The van der Waals surface area contributed by atoms with Gasteiger partial charge in [0.15, 0.2) is 0 Å². The van der Waals surface area contributed by atoms with Gasteiger partial charge in [0.2, 0.25) is 0 Å². The van der Waals surface area contributed by atoms with E-state index in [1.807, 2.05) is 39.8 Å². The van der Waals surface area contributed by atoms with E-state index in [9.17, 15) is 0 Å². The highest BCUT2D eigenvalue weighted by atomic mass is 14.9. The van der Waals surface area contributed by atoms with Crippen LogP contribution < -0.4 is 0 Å². The largest absolute Gasteiger partial charge is 0.324 e. The smallest absolute Gasteiger partial charge is 0.0449 e. The van der Waals surface area contributed by atoms with Gasteiger partial charge in [-0.2, -0.15) is 0 Å². The van der Waals surface area contributed by atoms with Crippen molar-refractivity contribution >= 4 is 5.57 Å². The molecule has 1 heteroatoms. The van der Waals surface area contributed by atoms with Crippen molar-refractivity contribution in [1.29, 1.82) is 0 Å². The van der Waals surface area contributed by atoms with Crippen LogP contribution in [0, 0.1) is 0 Å². The van der Waals surface area contributed by atoms with Gasteiger partial charge in [0.1, 0.15) is 0 Å². The molecule has 2 rings (SSSR count). The predicted molar refractivity (Wildman–Crippen MR) is 104 cm³/mol. The van der Waals surface area contributed by atoms with Gasteiger partial charge in [-0.15, -0.1) is 0 Å². The molecular weight excluding hydrogens is 266 g/mol. The fraction of sp³-hybridized carbons (Fsp3) is 0.429. The van der Waals surface area contributed by atoms with Crippen LogP contribution in [0.1, 0.15) is 67.4 Å². The van der Waals surface area contributed by atoms with Gasteiger partial charge in [-0.05, 0) is 49.2 Å². The van der Waals surface area contributed by atoms with Crippen molar-refractivity contribution in [3.63, 3.8) is 0 Å². The molecule has 0 atom stereocenters. The summed E-state index contributed by atoms with van der Waals surface area (Å²) in [7, 11) is 0. The molecule has 0 saturated carbocycles. The van der Waals surface area contributed by atoms with Crippen molar-refractivity contribution in [3.05, 3.63) is 60.4 Å². The Morgan fingerprint density at radius 3 is 1.68 bits per heavy atom. The number of rotatable bonds is 2. The van der Waals surface area contributed by atoms with E-state index in [1.54, 1.807) is 0 Å². The first kappa shape index (κ1) is 22.5.